The average Bonchev–Trinajstić information content (AvgIpc) is 2.29. The number of pyridine rings is 1. The monoisotopic (exact) mass is 224 g/mol. The molecule has 1 atom stereocenters. The molecule has 2 N–H and O–H groups in total. The van der Waals surface area contributed by atoms with Crippen molar-refractivity contribution in [2.24, 2.45) is 0 Å². The lowest BCUT2D eigenvalue weighted by Gasteiger charge is -2.15. The number of ether oxygens (including phenoxy) is 1. The SMILES string of the molecule is CCC(COC)NC(=O)c1ccc(=O)[nH]c1. The molecule has 0 spiro atoms. The minimum absolute atomic E-state index is 0.00979. The molecule has 88 valence electrons. The van der Waals surface area contributed by atoms with Crippen molar-refractivity contribution < 1.29 is 9.53 Å². The number of amides is 1. The first-order valence-electron chi connectivity index (χ1n) is 5.16. The van der Waals surface area contributed by atoms with Crippen LogP contribution in [0.25, 0.3) is 0 Å². The molecule has 5 heteroatoms. The molecule has 0 aliphatic heterocycles. The fourth-order valence-electron chi connectivity index (χ4n) is 1.28. The summed E-state index contributed by atoms with van der Waals surface area (Å²) in [6.45, 7) is 2.45. The Bertz CT molecular complexity index is 380. The number of rotatable bonds is 5. The van der Waals surface area contributed by atoms with E-state index in [0.717, 1.165) is 6.42 Å². The molecular formula is C11H16N2O3. The molecule has 0 saturated carbocycles. The van der Waals surface area contributed by atoms with Gasteiger partial charge in [0.25, 0.3) is 5.91 Å². The van der Waals surface area contributed by atoms with Crippen LogP contribution in [-0.2, 0) is 4.74 Å². The molecule has 0 radical (unpaired) electrons. The minimum Gasteiger partial charge on any atom is -0.383 e. The molecule has 0 aliphatic rings. The van der Waals surface area contributed by atoms with Crippen LogP contribution in [0, 0.1) is 0 Å². The quantitative estimate of drug-likeness (QED) is 0.766. The highest BCUT2D eigenvalue weighted by Gasteiger charge is 2.11. The van der Waals surface area contributed by atoms with Crippen LogP contribution in [0.5, 0.6) is 0 Å². The number of aromatic amines is 1. The van der Waals surface area contributed by atoms with E-state index < -0.39 is 0 Å². The van der Waals surface area contributed by atoms with Crippen molar-refractivity contribution in [3.05, 3.63) is 34.2 Å². The molecule has 0 saturated heterocycles. The molecule has 1 amide bonds. The Kier molecular flexibility index (Phi) is 4.72. The maximum Gasteiger partial charge on any atom is 0.253 e. The third-order valence-corrected chi connectivity index (χ3v) is 2.24. The summed E-state index contributed by atoms with van der Waals surface area (Å²) in [6, 6.07) is 2.81. The lowest BCUT2D eigenvalue weighted by molar-refractivity contribution is 0.0894. The third kappa shape index (κ3) is 3.51. The van der Waals surface area contributed by atoms with Gasteiger partial charge < -0.3 is 15.0 Å². The first-order chi connectivity index (χ1) is 7.67. The van der Waals surface area contributed by atoms with Crippen molar-refractivity contribution >= 4 is 5.91 Å². The maximum atomic E-state index is 11.7. The highest BCUT2D eigenvalue weighted by atomic mass is 16.5. The summed E-state index contributed by atoms with van der Waals surface area (Å²) >= 11 is 0. The lowest BCUT2D eigenvalue weighted by atomic mass is 10.2. The van der Waals surface area contributed by atoms with E-state index in [1.54, 1.807) is 7.11 Å². The number of nitrogens with one attached hydrogen (secondary N) is 2. The molecule has 0 fully saturated rings. The fourth-order valence-corrected chi connectivity index (χ4v) is 1.28. The van der Waals surface area contributed by atoms with Crippen LogP contribution >= 0.6 is 0 Å². The predicted molar refractivity (Wildman–Crippen MR) is 60.5 cm³/mol. The van der Waals surface area contributed by atoms with Crippen molar-refractivity contribution in [2.75, 3.05) is 13.7 Å². The van der Waals surface area contributed by atoms with Crippen molar-refractivity contribution in [3.8, 4) is 0 Å². The van der Waals surface area contributed by atoms with Crippen LogP contribution in [0.2, 0.25) is 0 Å². The third-order valence-electron chi connectivity index (χ3n) is 2.24. The lowest BCUT2D eigenvalue weighted by Crippen LogP contribution is -2.37. The van der Waals surface area contributed by atoms with E-state index >= 15 is 0 Å². The van der Waals surface area contributed by atoms with Gasteiger partial charge in [0.05, 0.1) is 18.2 Å². The molecule has 0 aromatic carbocycles. The zero-order valence-corrected chi connectivity index (χ0v) is 9.45. The number of hydrogen-bond donors (Lipinski definition) is 2. The minimum atomic E-state index is -0.222. The topological polar surface area (TPSA) is 71.2 Å². The number of aromatic nitrogens is 1. The molecule has 1 unspecified atom stereocenters. The Balaban J connectivity index is 2.64. The van der Waals surface area contributed by atoms with Gasteiger partial charge in [-0.15, -0.1) is 0 Å². The van der Waals surface area contributed by atoms with Gasteiger partial charge in [-0.1, -0.05) is 6.92 Å². The van der Waals surface area contributed by atoms with Crippen LogP contribution in [0.1, 0.15) is 23.7 Å². The van der Waals surface area contributed by atoms with Gasteiger partial charge in [0.15, 0.2) is 0 Å². The molecule has 1 aromatic heterocycles. The second-order valence-electron chi connectivity index (χ2n) is 3.48. The second kappa shape index (κ2) is 6.07. The summed E-state index contributed by atoms with van der Waals surface area (Å²) in [6.07, 6.45) is 2.19. The van der Waals surface area contributed by atoms with Crippen LogP contribution in [-0.4, -0.2) is 30.6 Å². The van der Waals surface area contributed by atoms with Gasteiger partial charge in [-0.2, -0.15) is 0 Å². The average molecular weight is 224 g/mol. The maximum absolute atomic E-state index is 11.7. The summed E-state index contributed by atoms with van der Waals surface area (Å²) in [7, 11) is 1.59. The second-order valence-corrected chi connectivity index (χ2v) is 3.48. The zero-order chi connectivity index (χ0) is 12.0. The summed E-state index contributed by atoms with van der Waals surface area (Å²) in [5.41, 5.74) is 0.217. The Hall–Kier alpha value is -1.62. The number of carbonyl (C=O) groups excluding carboxylic acids is 1. The fraction of sp³-hybridized carbons (Fsp3) is 0.455. The number of methoxy groups -OCH3 is 1. The highest BCUT2D eigenvalue weighted by molar-refractivity contribution is 5.93. The highest BCUT2D eigenvalue weighted by Crippen LogP contribution is 1.97. The Morgan fingerprint density at radius 1 is 1.56 bits per heavy atom. The zero-order valence-electron chi connectivity index (χ0n) is 9.45. The van der Waals surface area contributed by atoms with Crippen molar-refractivity contribution in [1.29, 1.82) is 0 Å². The van der Waals surface area contributed by atoms with E-state index in [-0.39, 0.29) is 17.5 Å². The number of hydrogen-bond acceptors (Lipinski definition) is 3. The molecule has 5 nitrogen and oxygen atoms in total. The Morgan fingerprint density at radius 3 is 2.81 bits per heavy atom. The van der Waals surface area contributed by atoms with Gasteiger partial charge in [-0.25, -0.2) is 0 Å². The standard InChI is InChI=1S/C11H16N2O3/c1-3-9(7-16-2)13-11(15)8-4-5-10(14)12-6-8/h4-6,9H,3,7H2,1-2H3,(H,12,14)(H,13,15). The summed E-state index contributed by atoms with van der Waals surface area (Å²) < 4.78 is 4.98. The Labute approximate surface area is 93.8 Å². The molecule has 1 heterocycles. The van der Waals surface area contributed by atoms with Gasteiger partial charge >= 0.3 is 0 Å². The van der Waals surface area contributed by atoms with Crippen LogP contribution < -0.4 is 10.9 Å². The molecular weight excluding hydrogens is 208 g/mol. The molecule has 1 aromatic rings. The normalized spacial score (nSPS) is 12.1. The Morgan fingerprint density at radius 2 is 2.31 bits per heavy atom. The van der Waals surface area contributed by atoms with Crippen LogP contribution in [0.3, 0.4) is 0 Å². The van der Waals surface area contributed by atoms with E-state index in [2.05, 4.69) is 10.3 Å². The first-order valence-corrected chi connectivity index (χ1v) is 5.16. The molecule has 0 bridgehead atoms. The first kappa shape index (κ1) is 12.4. The van der Waals surface area contributed by atoms with E-state index in [9.17, 15) is 9.59 Å². The smallest absolute Gasteiger partial charge is 0.253 e. The predicted octanol–water partition coefficient (Wildman–Crippen LogP) is 0.530. The van der Waals surface area contributed by atoms with E-state index in [4.69, 9.17) is 4.74 Å². The summed E-state index contributed by atoms with van der Waals surface area (Å²) in [4.78, 5) is 25.0. The van der Waals surface area contributed by atoms with Gasteiger partial charge in [-0.3, -0.25) is 9.59 Å². The molecule has 16 heavy (non-hydrogen) atoms. The van der Waals surface area contributed by atoms with Gasteiger partial charge in [-0.05, 0) is 12.5 Å². The van der Waals surface area contributed by atoms with Crippen LogP contribution in [0.15, 0.2) is 23.1 Å². The van der Waals surface area contributed by atoms with Gasteiger partial charge in [0.2, 0.25) is 5.56 Å². The number of carbonyl (C=O) groups is 1. The molecule has 0 aliphatic carbocycles. The summed E-state index contributed by atoms with van der Waals surface area (Å²) in [5.74, 6) is -0.208. The number of H-pyrrole nitrogens is 1. The van der Waals surface area contributed by atoms with Gasteiger partial charge in [0, 0.05) is 19.4 Å². The summed E-state index contributed by atoms with van der Waals surface area (Å²) in [5, 5.41) is 2.82. The van der Waals surface area contributed by atoms with Crippen LogP contribution in [0.4, 0.5) is 0 Å². The van der Waals surface area contributed by atoms with Gasteiger partial charge in [0.1, 0.15) is 0 Å². The van der Waals surface area contributed by atoms with E-state index in [1.807, 2.05) is 6.92 Å². The van der Waals surface area contributed by atoms with E-state index in [1.165, 1.54) is 18.3 Å². The molecule has 1 rings (SSSR count). The van der Waals surface area contributed by atoms with Crippen molar-refractivity contribution in [3.63, 3.8) is 0 Å². The largest absolute Gasteiger partial charge is 0.383 e. The van der Waals surface area contributed by atoms with Crippen molar-refractivity contribution in [2.45, 2.75) is 19.4 Å². The van der Waals surface area contributed by atoms with Crippen molar-refractivity contribution in [1.82, 2.24) is 10.3 Å². The van der Waals surface area contributed by atoms with E-state index in [0.29, 0.717) is 12.2 Å².